The third kappa shape index (κ3) is 6.06. The lowest BCUT2D eigenvalue weighted by molar-refractivity contribution is -0.113. The molecule has 0 fully saturated rings. The quantitative estimate of drug-likeness (QED) is 0.213. The minimum absolute atomic E-state index is 0.0357. The molecule has 1 amide bonds. The Balaban J connectivity index is 1.17. The molecule has 0 unspecified atom stereocenters. The SMILES string of the molecule is CC(C)(C)c1ccc(CSc2nc3ccc(NC(=O)CSc4nc5ccccc5s4)cc3s2)cc1. The summed E-state index contributed by atoms with van der Waals surface area (Å²) < 4.78 is 4.16. The zero-order valence-corrected chi connectivity index (χ0v) is 23.0. The van der Waals surface area contributed by atoms with Crippen LogP contribution in [0.3, 0.4) is 0 Å². The predicted molar refractivity (Wildman–Crippen MR) is 153 cm³/mol. The standard InChI is InChI=1S/C27H25N3OS4/c1-27(2,3)18-10-8-17(9-11-18)15-32-25-30-21-13-12-19(14-23(21)35-25)28-24(31)16-33-26-29-20-6-4-5-7-22(20)34-26/h4-14H,15-16H2,1-3H3,(H,28,31). The number of carbonyl (C=O) groups is 1. The number of fused-ring (bicyclic) bond motifs is 2. The van der Waals surface area contributed by atoms with E-state index in [9.17, 15) is 4.79 Å². The fourth-order valence-corrected chi connectivity index (χ4v) is 7.46. The van der Waals surface area contributed by atoms with Crippen LogP contribution in [0, 0.1) is 0 Å². The second kappa shape index (κ2) is 10.3. The lowest BCUT2D eigenvalue weighted by atomic mass is 9.87. The summed E-state index contributed by atoms with van der Waals surface area (Å²) in [6, 6.07) is 22.8. The molecule has 3 aromatic carbocycles. The number of rotatable bonds is 7. The largest absolute Gasteiger partial charge is 0.325 e. The summed E-state index contributed by atoms with van der Waals surface area (Å²) in [6.07, 6.45) is 0. The molecule has 0 spiro atoms. The van der Waals surface area contributed by atoms with E-state index in [-0.39, 0.29) is 11.3 Å². The highest BCUT2D eigenvalue weighted by atomic mass is 32.2. The van der Waals surface area contributed by atoms with Gasteiger partial charge in [0.05, 0.1) is 26.2 Å². The Morgan fingerprint density at radius 2 is 1.54 bits per heavy atom. The van der Waals surface area contributed by atoms with E-state index in [1.54, 1.807) is 34.4 Å². The molecule has 5 rings (SSSR count). The number of aromatic nitrogens is 2. The first-order valence-corrected chi connectivity index (χ1v) is 14.8. The molecule has 0 radical (unpaired) electrons. The van der Waals surface area contributed by atoms with Crippen molar-refractivity contribution in [3.63, 3.8) is 0 Å². The molecule has 35 heavy (non-hydrogen) atoms. The van der Waals surface area contributed by atoms with Gasteiger partial charge in [-0.3, -0.25) is 4.79 Å². The van der Waals surface area contributed by atoms with Crippen LogP contribution in [-0.4, -0.2) is 21.6 Å². The molecule has 1 N–H and O–H groups in total. The Labute approximate surface area is 221 Å². The van der Waals surface area contributed by atoms with Crippen molar-refractivity contribution in [2.45, 2.75) is 40.6 Å². The first-order chi connectivity index (χ1) is 16.8. The Morgan fingerprint density at radius 1 is 0.857 bits per heavy atom. The second-order valence-corrected chi connectivity index (χ2v) is 13.7. The first kappa shape index (κ1) is 24.3. The highest BCUT2D eigenvalue weighted by molar-refractivity contribution is 8.01. The molecule has 0 aliphatic rings. The van der Waals surface area contributed by atoms with Crippen LogP contribution in [0.4, 0.5) is 5.69 Å². The van der Waals surface area contributed by atoms with Crippen LogP contribution in [-0.2, 0) is 16.0 Å². The number of carbonyl (C=O) groups excluding carboxylic acids is 1. The second-order valence-electron chi connectivity index (χ2n) is 9.18. The number of anilines is 1. The van der Waals surface area contributed by atoms with Gasteiger partial charge >= 0.3 is 0 Å². The summed E-state index contributed by atoms with van der Waals surface area (Å²) in [4.78, 5) is 21.9. The van der Waals surface area contributed by atoms with Crippen molar-refractivity contribution >= 4 is 78.2 Å². The summed E-state index contributed by atoms with van der Waals surface area (Å²) in [6.45, 7) is 6.70. The fourth-order valence-electron chi connectivity index (χ4n) is 3.53. The highest BCUT2D eigenvalue weighted by Gasteiger charge is 2.13. The van der Waals surface area contributed by atoms with Gasteiger partial charge in [-0.15, -0.1) is 22.7 Å². The smallest absolute Gasteiger partial charge is 0.234 e. The van der Waals surface area contributed by atoms with Crippen molar-refractivity contribution in [3.05, 3.63) is 77.9 Å². The van der Waals surface area contributed by atoms with E-state index < -0.39 is 0 Å². The normalized spacial score (nSPS) is 11.9. The van der Waals surface area contributed by atoms with Crippen LogP contribution in [0.2, 0.25) is 0 Å². The predicted octanol–water partition coefficient (Wildman–Crippen LogP) is 8.23. The van der Waals surface area contributed by atoms with Crippen molar-refractivity contribution in [1.82, 2.24) is 9.97 Å². The minimum Gasteiger partial charge on any atom is -0.325 e. The molecular weight excluding hydrogens is 511 g/mol. The van der Waals surface area contributed by atoms with E-state index in [1.807, 2.05) is 36.4 Å². The van der Waals surface area contributed by atoms with Crippen molar-refractivity contribution in [2.24, 2.45) is 0 Å². The lowest BCUT2D eigenvalue weighted by Crippen LogP contribution is -2.13. The molecule has 2 aromatic heterocycles. The van der Waals surface area contributed by atoms with Crippen molar-refractivity contribution < 1.29 is 4.79 Å². The van der Waals surface area contributed by atoms with Crippen molar-refractivity contribution in [1.29, 1.82) is 0 Å². The maximum absolute atomic E-state index is 12.5. The molecule has 8 heteroatoms. The summed E-state index contributed by atoms with van der Waals surface area (Å²) in [7, 11) is 0. The van der Waals surface area contributed by atoms with E-state index in [1.165, 1.54) is 22.9 Å². The number of hydrogen-bond donors (Lipinski definition) is 1. The van der Waals surface area contributed by atoms with Gasteiger partial charge in [0.2, 0.25) is 5.91 Å². The van der Waals surface area contributed by atoms with Gasteiger partial charge in [0.25, 0.3) is 0 Å². The van der Waals surface area contributed by atoms with Gasteiger partial charge in [0.15, 0.2) is 8.68 Å². The van der Waals surface area contributed by atoms with E-state index >= 15 is 0 Å². The highest BCUT2D eigenvalue weighted by Crippen LogP contribution is 2.34. The van der Waals surface area contributed by atoms with E-state index in [0.29, 0.717) is 5.75 Å². The van der Waals surface area contributed by atoms with Crippen LogP contribution < -0.4 is 5.32 Å². The summed E-state index contributed by atoms with van der Waals surface area (Å²) in [5.74, 6) is 1.18. The summed E-state index contributed by atoms with van der Waals surface area (Å²) in [5, 5.41) is 3.01. The number of thioether (sulfide) groups is 2. The maximum atomic E-state index is 12.5. The van der Waals surface area contributed by atoms with Gasteiger partial charge in [-0.25, -0.2) is 9.97 Å². The zero-order valence-electron chi connectivity index (χ0n) is 19.7. The van der Waals surface area contributed by atoms with Gasteiger partial charge < -0.3 is 5.32 Å². The van der Waals surface area contributed by atoms with E-state index in [4.69, 9.17) is 4.98 Å². The summed E-state index contributed by atoms with van der Waals surface area (Å²) >= 11 is 6.50. The lowest BCUT2D eigenvalue weighted by Gasteiger charge is -2.19. The van der Waals surface area contributed by atoms with E-state index in [0.717, 1.165) is 40.6 Å². The van der Waals surface area contributed by atoms with Crippen molar-refractivity contribution in [2.75, 3.05) is 11.1 Å². The summed E-state index contributed by atoms with van der Waals surface area (Å²) in [5.41, 5.74) is 5.54. The number of nitrogens with zero attached hydrogens (tertiary/aromatic N) is 2. The van der Waals surface area contributed by atoms with Crippen LogP contribution >= 0.6 is 46.2 Å². The van der Waals surface area contributed by atoms with Gasteiger partial charge in [-0.1, -0.05) is 80.7 Å². The molecule has 0 atom stereocenters. The minimum atomic E-state index is -0.0357. The molecular formula is C27H25N3OS4. The molecule has 0 saturated carbocycles. The van der Waals surface area contributed by atoms with Crippen LogP contribution in [0.1, 0.15) is 31.9 Å². The molecule has 5 aromatic rings. The number of para-hydroxylation sites is 1. The number of amides is 1. The maximum Gasteiger partial charge on any atom is 0.234 e. The monoisotopic (exact) mass is 535 g/mol. The Morgan fingerprint density at radius 3 is 2.29 bits per heavy atom. The first-order valence-electron chi connectivity index (χ1n) is 11.2. The molecule has 0 bridgehead atoms. The average Bonchev–Trinajstić information content (AvgIpc) is 3.44. The van der Waals surface area contributed by atoms with Gasteiger partial charge in [-0.05, 0) is 46.9 Å². The molecule has 0 aliphatic carbocycles. The van der Waals surface area contributed by atoms with Gasteiger partial charge in [-0.2, -0.15) is 0 Å². The van der Waals surface area contributed by atoms with Crippen LogP contribution in [0.5, 0.6) is 0 Å². The molecule has 2 heterocycles. The van der Waals surface area contributed by atoms with Crippen LogP contribution in [0.25, 0.3) is 20.4 Å². The fraction of sp³-hybridized carbons (Fsp3) is 0.222. The number of hydrogen-bond acceptors (Lipinski definition) is 7. The van der Waals surface area contributed by atoms with Crippen LogP contribution in [0.15, 0.2) is 75.4 Å². The third-order valence-electron chi connectivity index (χ3n) is 5.44. The Bertz CT molecular complexity index is 1450. The number of nitrogens with one attached hydrogen (secondary N) is 1. The molecule has 0 saturated heterocycles. The molecule has 0 aliphatic heterocycles. The molecule has 178 valence electrons. The van der Waals surface area contributed by atoms with Gasteiger partial charge in [0, 0.05) is 11.4 Å². The Kier molecular flexibility index (Phi) is 7.16. The average molecular weight is 536 g/mol. The van der Waals surface area contributed by atoms with E-state index in [2.05, 4.69) is 61.4 Å². The number of thiazole rings is 2. The zero-order chi connectivity index (χ0) is 24.4. The topological polar surface area (TPSA) is 54.9 Å². The van der Waals surface area contributed by atoms with Gasteiger partial charge in [0.1, 0.15) is 0 Å². The Hall–Kier alpha value is -2.39. The van der Waals surface area contributed by atoms with Crippen molar-refractivity contribution in [3.8, 4) is 0 Å². The third-order valence-corrected chi connectivity index (χ3v) is 9.85. The molecule has 4 nitrogen and oxygen atoms in total. The number of benzene rings is 3.